The lowest BCUT2D eigenvalue weighted by molar-refractivity contribution is -0.150. The molecule has 0 bridgehead atoms. The molecule has 0 aromatic rings. The summed E-state index contributed by atoms with van der Waals surface area (Å²) in [5, 5.41) is 3.18. The Morgan fingerprint density at radius 3 is 2.26 bits per heavy atom. The van der Waals surface area contributed by atoms with Gasteiger partial charge in [0.2, 0.25) is 5.91 Å². The first-order valence-corrected chi connectivity index (χ1v) is 6.42. The number of nitrogens with one attached hydrogen (secondary N) is 1. The Kier molecular flexibility index (Phi) is 5.20. The zero-order valence-electron chi connectivity index (χ0n) is 11.7. The first-order valence-electron chi connectivity index (χ1n) is 6.42. The highest BCUT2D eigenvalue weighted by Crippen LogP contribution is 2.22. The maximum absolute atomic E-state index is 12.3. The van der Waals surface area contributed by atoms with Crippen molar-refractivity contribution in [2.45, 2.75) is 32.0 Å². The largest absolute Gasteiger partial charge is 0.390 e. The summed E-state index contributed by atoms with van der Waals surface area (Å²) in [6.07, 6.45) is -5.19. The van der Waals surface area contributed by atoms with E-state index in [9.17, 15) is 18.0 Å². The molecule has 7 heteroatoms. The predicted molar refractivity (Wildman–Crippen MR) is 66.8 cm³/mol. The van der Waals surface area contributed by atoms with Crippen LogP contribution in [-0.4, -0.2) is 67.2 Å². The number of rotatable bonds is 4. The SMILES string of the molecule is CN(CCC(F)(F)F)C(=O)C(C)(C)N1CCNCC1. The van der Waals surface area contributed by atoms with Gasteiger partial charge in [-0.15, -0.1) is 0 Å². The van der Waals surface area contributed by atoms with Gasteiger partial charge in [-0.1, -0.05) is 0 Å². The quantitative estimate of drug-likeness (QED) is 0.837. The lowest BCUT2D eigenvalue weighted by Crippen LogP contribution is -2.60. The van der Waals surface area contributed by atoms with Crippen LogP contribution in [0.2, 0.25) is 0 Å². The van der Waals surface area contributed by atoms with Crippen molar-refractivity contribution >= 4 is 5.91 Å². The van der Waals surface area contributed by atoms with E-state index in [1.54, 1.807) is 13.8 Å². The Bertz CT molecular complexity index is 312. The second kappa shape index (κ2) is 6.09. The number of hydrogen-bond donors (Lipinski definition) is 1. The summed E-state index contributed by atoms with van der Waals surface area (Å²) in [5.74, 6) is -0.265. The van der Waals surface area contributed by atoms with E-state index < -0.39 is 18.1 Å². The minimum absolute atomic E-state index is 0.265. The van der Waals surface area contributed by atoms with Crippen molar-refractivity contribution in [3.05, 3.63) is 0 Å². The summed E-state index contributed by atoms with van der Waals surface area (Å²) in [6.45, 7) is 6.29. The summed E-state index contributed by atoms with van der Waals surface area (Å²) < 4.78 is 36.5. The molecule has 1 fully saturated rings. The smallest absolute Gasteiger partial charge is 0.344 e. The maximum atomic E-state index is 12.3. The van der Waals surface area contributed by atoms with Crippen molar-refractivity contribution in [2.75, 3.05) is 39.8 Å². The van der Waals surface area contributed by atoms with E-state index in [2.05, 4.69) is 5.32 Å². The number of hydrogen-bond acceptors (Lipinski definition) is 3. The average molecular weight is 281 g/mol. The second-order valence-corrected chi connectivity index (χ2v) is 5.39. The van der Waals surface area contributed by atoms with Crippen LogP contribution in [0, 0.1) is 0 Å². The summed E-state index contributed by atoms with van der Waals surface area (Å²) in [6, 6.07) is 0. The van der Waals surface area contributed by atoms with Crippen LogP contribution in [0.4, 0.5) is 13.2 Å². The van der Waals surface area contributed by atoms with Gasteiger partial charge >= 0.3 is 6.18 Å². The molecule has 0 aromatic carbocycles. The molecular formula is C12H22F3N3O. The van der Waals surface area contributed by atoms with Gasteiger partial charge in [-0.05, 0) is 13.8 Å². The van der Waals surface area contributed by atoms with Gasteiger partial charge in [-0.3, -0.25) is 9.69 Å². The Labute approximate surface area is 111 Å². The van der Waals surface area contributed by atoms with Crippen LogP contribution in [-0.2, 0) is 4.79 Å². The Morgan fingerprint density at radius 2 is 1.79 bits per heavy atom. The number of carbonyl (C=O) groups is 1. The zero-order valence-corrected chi connectivity index (χ0v) is 11.7. The Morgan fingerprint density at radius 1 is 1.26 bits per heavy atom. The van der Waals surface area contributed by atoms with Gasteiger partial charge in [0.15, 0.2) is 0 Å². The van der Waals surface area contributed by atoms with Crippen LogP contribution in [0.25, 0.3) is 0 Å². The van der Waals surface area contributed by atoms with E-state index in [1.807, 2.05) is 4.90 Å². The molecular weight excluding hydrogens is 259 g/mol. The first-order chi connectivity index (χ1) is 8.64. The minimum atomic E-state index is -4.23. The molecule has 0 aliphatic carbocycles. The Hall–Kier alpha value is -0.820. The third-order valence-electron chi connectivity index (χ3n) is 3.51. The van der Waals surface area contributed by atoms with Crippen molar-refractivity contribution in [1.82, 2.24) is 15.1 Å². The number of likely N-dealkylation sites (N-methyl/N-ethyl adjacent to an activating group) is 1. The second-order valence-electron chi connectivity index (χ2n) is 5.39. The van der Waals surface area contributed by atoms with Crippen LogP contribution in [0.1, 0.15) is 20.3 Å². The standard InChI is InChI=1S/C12H22F3N3O/c1-11(2,18-8-5-16-6-9-18)10(19)17(3)7-4-12(13,14)15/h16H,4-9H2,1-3H3. The summed E-state index contributed by atoms with van der Waals surface area (Å²) in [7, 11) is 1.43. The van der Waals surface area contributed by atoms with E-state index in [1.165, 1.54) is 11.9 Å². The molecule has 0 spiro atoms. The van der Waals surface area contributed by atoms with Gasteiger partial charge in [0.1, 0.15) is 0 Å². The van der Waals surface area contributed by atoms with Crippen molar-refractivity contribution in [3.63, 3.8) is 0 Å². The van der Waals surface area contributed by atoms with Crippen molar-refractivity contribution in [1.29, 1.82) is 0 Å². The molecule has 1 rings (SSSR count). The molecule has 4 nitrogen and oxygen atoms in total. The average Bonchev–Trinajstić information content (AvgIpc) is 2.35. The van der Waals surface area contributed by atoms with Crippen molar-refractivity contribution in [3.8, 4) is 0 Å². The Balaban J connectivity index is 2.58. The fraction of sp³-hybridized carbons (Fsp3) is 0.917. The zero-order chi connectivity index (χ0) is 14.7. The van der Waals surface area contributed by atoms with Gasteiger partial charge in [0.25, 0.3) is 0 Å². The highest BCUT2D eigenvalue weighted by molar-refractivity contribution is 5.85. The highest BCUT2D eigenvalue weighted by Gasteiger charge is 2.38. The van der Waals surface area contributed by atoms with E-state index in [0.717, 1.165) is 26.2 Å². The molecule has 1 amide bonds. The lowest BCUT2D eigenvalue weighted by atomic mass is 9.99. The molecule has 19 heavy (non-hydrogen) atoms. The number of amides is 1. The molecule has 0 aromatic heterocycles. The van der Waals surface area contributed by atoms with Crippen LogP contribution in [0.5, 0.6) is 0 Å². The summed E-state index contributed by atoms with van der Waals surface area (Å²) in [4.78, 5) is 15.5. The molecule has 112 valence electrons. The molecule has 0 unspecified atom stereocenters. The van der Waals surface area contributed by atoms with Gasteiger partial charge in [-0.2, -0.15) is 13.2 Å². The van der Waals surface area contributed by atoms with E-state index in [0.29, 0.717) is 0 Å². The van der Waals surface area contributed by atoms with Crippen LogP contribution < -0.4 is 5.32 Å². The van der Waals surface area contributed by atoms with Crippen molar-refractivity contribution in [2.24, 2.45) is 0 Å². The minimum Gasteiger partial charge on any atom is -0.344 e. The number of piperazine rings is 1. The molecule has 1 aliphatic rings. The van der Waals surface area contributed by atoms with Crippen LogP contribution in [0.15, 0.2) is 0 Å². The topological polar surface area (TPSA) is 35.6 Å². The van der Waals surface area contributed by atoms with Crippen molar-refractivity contribution < 1.29 is 18.0 Å². The number of alkyl halides is 3. The van der Waals surface area contributed by atoms with Gasteiger partial charge in [0.05, 0.1) is 12.0 Å². The van der Waals surface area contributed by atoms with E-state index in [4.69, 9.17) is 0 Å². The fourth-order valence-corrected chi connectivity index (χ4v) is 2.22. The molecule has 1 aliphatic heterocycles. The monoisotopic (exact) mass is 281 g/mol. The van der Waals surface area contributed by atoms with E-state index >= 15 is 0 Å². The molecule has 1 saturated heterocycles. The summed E-state index contributed by atoms with van der Waals surface area (Å²) in [5.41, 5.74) is -0.761. The number of halogens is 3. The highest BCUT2D eigenvalue weighted by atomic mass is 19.4. The predicted octanol–water partition coefficient (Wildman–Crippen LogP) is 1.08. The molecule has 1 heterocycles. The normalized spacial score (nSPS) is 18.4. The molecule has 0 atom stereocenters. The van der Waals surface area contributed by atoms with Gasteiger partial charge in [-0.25, -0.2) is 0 Å². The number of nitrogens with zero attached hydrogens (tertiary/aromatic N) is 2. The number of carbonyl (C=O) groups excluding carboxylic acids is 1. The van der Waals surface area contributed by atoms with Crippen LogP contribution >= 0.6 is 0 Å². The maximum Gasteiger partial charge on any atom is 0.390 e. The van der Waals surface area contributed by atoms with E-state index in [-0.39, 0.29) is 12.5 Å². The van der Waals surface area contributed by atoms with Gasteiger partial charge in [0, 0.05) is 39.8 Å². The first kappa shape index (κ1) is 16.2. The van der Waals surface area contributed by atoms with Gasteiger partial charge < -0.3 is 10.2 Å². The fourth-order valence-electron chi connectivity index (χ4n) is 2.22. The van der Waals surface area contributed by atoms with Crippen LogP contribution in [0.3, 0.4) is 0 Å². The lowest BCUT2D eigenvalue weighted by Gasteiger charge is -2.41. The molecule has 0 saturated carbocycles. The third-order valence-corrected chi connectivity index (χ3v) is 3.51. The summed E-state index contributed by atoms with van der Waals surface area (Å²) >= 11 is 0. The molecule has 1 N–H and O–H groups in total. The molecule has 0 radical (unpaired) electrons. The third kappa shape index (κ3) is 4.65.